The number of hydrogen-bond acceptors (Lipinski definition) is 0. The van der Waals surface area contributed by atoms with Crippen molar-refractivity contribution in [3.63, 3.8) is 0 Å². The number of rotatable bonds is 4. The number of quaternary nitrogens is 1. The average molecular weight is 461 g/mol. The molecule has 0 unspecified atom stereocenters. The van der Waals surface area contributed by atoms with Gasteiger partial charge in [-0.15, -0.1) is 0 Å². The minimum absolute atomic E-state index is 1.28. The Hall–Kier alpha value is 2.21. The molecule has 0 aliphatic heterocycles. The molecule has 0 amide bonds. The fourth-order valence-corrected chi connectivity index (χ4v) is 1.34. The first-order valence-corrected chi connectivity index (χ1v) is 14.3. The molecule has 14 heavy (non-hydrogen) atoms. The van der Waals surface area contributed by atoms with Crippen LogP contribution in [0.2, 0.25) is 0 Å². The average Bonchev–Trinajstić information content (AvgIpc) is 2.07. The van der Waals surface area contributed by atoms with Gasteiger partial charge in [0.1, 0.15) is 0 Å². The molecule has 0 spiro atoms. The second kappa shape index (κ2) is 9.26. The van der Waals surface area contributed by atoms with Crippen LogP contribution in [0.3, 0.4) is 0 Å². The van der Waals surface area contributed by atoms with Gasteiger partial charge >= 0.3 is 58.9 Å². The van der Waals surface area contributed by atoms with Crippen molar-refractivity contribution >= 4 is 52.4 Å². The van der Waals surface area contributed by atoms with E-state index in [1.165, 1.54) is 30.7 Å². The van der Waals surface area contributed by atoms with E-state index in [4.69, 9.17) is 10.1 Å². The van der Waals surface area contributed by atoms with Crippen molar-refractivity contribution in [1.82, 2.24) is 0 Å². The van der Waals surface area contributed by atoms with Crippen LogP contribution in [0.1, 0.15) is 27.7 Å². The molecule has 0 N–H and O–H groups in total. The summed E-state index contributed by atoms with van der Waals surface area (Å²) < 4.78 is 1.28. The Morgan fingerprint density at radius 1 is 0.857 bits per heavy atom. The second-order valence-corrected chi connectivity index (χ2v) is 29.2. The normalized spacial score (nSPS) is 13.1. The van der Waals surface area contributed by atoms with Gasteiger partial charge in [-0.2, -0.15) is 0 Å². The molecule has 0 radical (unpaired) electrons. The molecule has 6 heteroatoms. The molecule has 0 aromatic rings. The van der Waals surface area contributed by atoms with Gasteiger partial charge in [0.25, 0.3) is 0 Å². The molecule has 0 aromatic heterocycles. The summed E-state index contributed by atoms with van der Waals surface area (Å²) in [4.78, 5) is 0. The summed E-state index contributed by atoms with van der Waals surface area (Å²) in [6.07, 6.45) is 0. The van der Waals surface area contributed by atoms with Crippen LogP contribution < -0.4 is 0 Å². The monoisotopic (exact) mass is 458 g/mol. The first kappa shape index (κ1) is 18.6. The Balaban J connectivity index is 0. The van der Waals surface area contributed by atoms with Crippen molar-refractivity contribution in [1.29, 1.82) is 0 Å². The maximum absolute atomic E-state index is 5.41. The number of halogens is 4. The molecule has 0 aliphatic carbocycles. The minimum atomic E-state index is -1.59. The molecule has 0 rings (SSSR count). The van der Waals surface area contributed by atoms with Crippen LogP contribution in [0, 0.1) is 0 Å². The summed E-state index contributed by atoms with van der Waals surface area (Å²) in [7, 11) is 5.41. The van der Waals surface area contributed by atoms with E-state index in [9.17, 15) is 0 Å². The van der Waals surface area contributed by atoms with Crippen molar-refractivity contribution in [3.8, 4) is 0 Å². The number of hydrogen-bond donors (Lipinski definition) is 0. The summed E-state index contributed by atoms with van der Waals surface area (Å²) >= 11 is 9.30. The summed E-state index contributed by atoms with van der Waals surface area (Å²) in [5.74, 6) is 0. The van der Waals surface area contributed by atoms with E-state index in [2.05, 4.69) is 70.0 Å². The molecular weight excluding hydrogens is 441 g/mol. The van der Waals surface area contributed by atoms with E-state index in [0.29, 0.717) is 0 Å². The van der Waals surface area contributed by atoms with Crippen LogP contribution in [0.15, 0.2) is 0 Å². The topological polar surface area (TPSA) is 0 Å². The molecule has 1 nitrogen and oxygen atoms in total. The van der Waals surface area contributed by atoms with Gasteiger partial charge in [-0.25, -0.2) is 0 Å². The maximum atomic E-state index is 5.41. The molecule has 0 fully saturated rings. The zero-order valence-electron chi connectivity index (χ0n) is 9.14. The molecule has 93 valence electrons. The fraction of sp³-hybridized carbons (Fsp3) is 1.00. The van der Waals surface area contributed by atoms with Crippen molar-refractivity contribution in [2.24, 2.45) is 0 Å². The van der Waals surface area contributed by atoms with Crippen LogP contribution in [-0.4, -0.2) is 30.7 Å². The standard InChI is InChI=1S/C8H20N.3BrH.ClH.Fe/c1-5-9(6-2,7-3)8-4;;;;;/h5-8H2,1-4H3;4*1H;/q+1;;;;;+3/p-4. The van der Waals surface area contributed by atoms with Crippen molar-refractivity contribution < 1.29 is 11.0 Å². The van der Waals surface area contributed by atoms with E-state index >= 15 is 0 Å². The third kappa shape index (κ3) is 12.3. The van der Waals surface area contributed by atoms with Gasteiger partial charge < -0.3 is 4.48 Å². The summed E-state index contributed by atoms with van der Waals surface area (Å²) in [5, 5.41) is 0. The van der Waals surface area contributed by atoms with Crippen LogP contribution >= 0.6 is 52.4 Å². The zero-order chi connectivity index (χ0) is 11.8. The van der Waals surface area contributed by atoms with Crippen LogP contribution in [0.5, 0.6) is 0 Å². The van der Waals surface area contributed by atoms with Gasteiger partial charge in [0.15, 0.2) is 0 Å². The molecule has 0 bridgehead atoms. The van der Waals surface area contributed by atoms with Crippen molar-refractivity contribution in [3.05, 3.63) is 0 Å². The van der Waals surface area contributed by atoms with E-state index in [1.807, 2.05) is 0 Å². The van der Waals surface area contributed by atoms with Gasteiger partial charge in [-0.1, -0.05) is 0 Å². The Kier molecular flexibility index (Phi) is 12.3. The van der Waals surface area contributed by atoms with E-state index in [-0.39, 0.29) is 0 Å². The van der Waals surface area contributed by atoms with E-state index < -0.39 is 6.51 Å². The van der Waals surface area contributed by atoms with E-state index in [1.54, 1.807) is 0 Å². The third-order valence-electron chi connectivity index (χ3n) is 2.68. The first-order chi connectivity index (χ1) is 6.24. The predicted octanol–water partition coefficient (Wildman–Crippen LogP) is 5.11. The van der Waals surface area contributed by atoms with Gasteiger partial charge in [0.2, 0.25) is 0 Å². The first-order valence-electron chi connectivity index (χ1n) is 4.63. The predicted molar refractivity (Wildman–Crippen MR) is 75.1 cm³/mol. The van der Waals surface area contributed by atoms with Crippen LogP contribution in [-0.2, 0) is 6.51 Å². The van der Waals surface area contributed by atoms with E-state index in [0.717, 1.165) is 0 Å². The summed E-state index contributed by atoms with van der Waals surface area (Å²) in [6, 6.07) is 0. The number of nitrogens with zero attached hydrogens (tertiary/aromatic N) is 1. The van der Waals surface area contributed by atoms with Gasteiger partial charge in [-0.05, 0) is 27.7 Å². The van der Waals surface area contributed by atoms with Gasteiger partial charge in [0, 0.05) is 0 Å². The van der Waals surface area contributed by atoms with Gasteiger partial charge in [-0.3, -0.25) is 0 Å². The summed E-state index contributed by atoms with van der Waals surface area (Å²) in [6.45, 7) is 12.6. The van der Waals surface area contributed by atoms with Crippen molar-refractivity contribution in [2.75, 3.05) is 26.2 Å². The van der Waals surface area contributed by atoms with Crippen LogP contribution in [0.4, 0.5) is 0 Å². The molecule has 0 aromatic carbocycles. The molecule has 0 heterocycles. The Morgan fingerprint density at radius 2 is 1.00 bits per heavy atom. The zero-order valence-corrected chi connectivity index (χ0v) is 15.8. The molecule has 0 saturated carbocycles. The third-order valence-corrected chi connectivity index (χ3v) is 2.68. The Bertz CT molecular complexity index is 114. The van der Waals surface area contributed by atoms with Gasteiger partial charge in [0.05, 0.1) is 26.2 Å². The quantitative estimate of drug-likeness (QED) is 0.404. The molecule has 0 atom stereocenters. The summed E-state index contributed by atoms with van der Waals surface area (Å²) in [5.41, 5.74) is 0. The second-order valence-electron chi connectivity index (χ2n) is 2.91. The molecule has 0 aliphatic rings. The molecular formula is C8H20Br3ClFeN. The Labute approximate surface area is 116 Å². The SMILES string of the molecule is CC[N+](CC)(CC)CC.[Cl][Fe-]([Br])([Br])[Br]. The van der Waals surface area contributed by atoms with Crippen LogP contribution in [0.25, 0.3) is 0 Å². The Morgan fingerprint density at radius 3 is 1.00 bits per heavy atom. The fourth-order valence-electron chi connectivity index (χ4n) is 1.34. The van der Waals surface area contributed by atoms with Crippen molar-refractivity contribution in [2.45, 2.75) is 27.7 Å². The molecule has 0 saturated heterocycles.